The summed E-state index contributed by atoms with van der Waals surface area (Å²) >= 11 is 0. The van der Waals surface area contributed by atoms with Gasteiger partial charge in [0.05, 0.1) is 6.54 Å². The number of rotatable bonds is 3. The Morgan fingerprint density at radius 1 is 1.46 bits per heavy atom. The van der Waals surface area contributed by atoms with Crippen LogP contribution in [0.3, 0.4) is 0 Å². The summed E-state index contributed by atoms with van der Waals surface area (Å²) in [5.74, 6) is 0. The third-order valence-electron chi connectivity index (χ3n) is 1.66. The maximum Gasteiger partial charge on any atom is 0.459 e. The Labute approximate surface area is 72.4 Å². The van der Waals surface area contributed by atoms with Gasteiger partial charge in [0.2, 0.25) is 6.33 Å². The zero-order valence-electron chi connectivity index (χ0n) is 6.92. The van der Waals surface area contributed by atoms with E-state index in [9.17, 15) is 17.6 Å². The summed E-state index contributed by atoms with van der Waals surface area (Å²) in [6, 6.07) is -4.12. The van der Waals surface area contributed by atoms with Crippen LogP contribution in [0.15, 0.2) is 18.7 Å². The Hall–Kier alpha value is -1.07. The molecule has 0 aliphatic rings. The van der Waals surface area contributed by atoms with Gasteiger partial charge in [-0.15, -0.1) is 0 Å². The molecule has 1 heterocycles. The lowest BCUT2D eigenvalue weighted by atomic mass is 10.5. The van der Waals surface area contributed by atoms with E-state index >= 15 is 0 Å². The quantitative estimate of drug-likeness (QED) is 0.514. The van der Waals surface area contributed by atoms with E-state index in [1.165, 1.54) is 10.8 Å². The molecule has 0 atom stereocenters. The first-order valence-corrected chi connectivity index (χ1v) is 3.72. The molecule has 0 N–H and O–H groups in total. The zero-order valence-corrected chi connectivity index (χ0v) is 6.92. The first-order chi connectivity index (χ1) is 5.98. The van der Waals surface area contributed by atoms with Crippen molar-refractivity contribution in [3.05, 3.63) is 18.7 Å². The highest BCUT2D eigenvalue weighted by Gasteiger charge is 2.48. The second-order valence-electron chi connectivity index (χ2n) is 2.54. The predicted octanol–water partition coefficient (Wildman–Crippen LogP) is 1.61. The summed E-state index contributed by atoms with van der Waals surface area (Å²) in [6.45, 7) is 2.19. The standard InChI is InChI=1S/C7H9F4N2/c1-2-12-3-4-13(5-12)7(10,11)6(8)9/h3-6H,2H2,1H3/q+1. The molecule has 0 aliphatic carbocycles. The minimum Gasteiger partial charge on any atom is -0.237 e. The van der Waals surface area contributed by atoms with Crippen LogP contribution in [0, 0.1) is 0 Å². The molecule has 0 saturated carbocycles. The molecule has 0 radical (unpaired) electrons. The van der Waals surface area contributed by atoms with Gasteiger partial charge < -0.3 is 0 Å². The zero-order chi connectivity index (χ0) is 10.1. The molecule has 0 unspecified atom stereocenters. The van der Waals surface area contributed by atoms with E-state index < -0.39 is 12.5 Å². The molecule has 13 heavy (non-hydrogen) atoms. The van der Waals surface area contributed by atoms with Crippen LogP contribution in [0.4, 0.5) is 17.6 Å². The predicted molar refractivity (Wildman–Crippen MR) is 36.5 cm³/mol. The molecule has 1 aromatic heterocycles. The largest absolute Gasteiger partial charge is 0.459 e. The molecule has 0 amide bonds. The van der Waals surface area contributed by atoms with Crippen molar-refractivity contribution in [1.82, 2.24) is 4.57 Å². The topological polar surface area (TPSA) is 8.81 Å². The van der Waals surface area contributed by atoms with Crippen molar-refractivity contribution in [2.24, 2.45) is 0 Å². The monoisotopic (exact) mass is 197 g/mol. The van der Waals surface area contributed by atoms with E-state index in [0.717, 1.165) is 12.5 Å². The van der Waals surface area contributed by atoms with Gasteiger partial charge in [-0.05, 0) is 6.92 Å². The van der Waals surface area contributed by atoms with Gasteiger partial charge in [0.1, 0.15) is 12.4 Å². The van der Waals surface area contributed by atoms with E-state index in [2.05, 4.69) is 0 Å². The van der Waals surface area contributed by atoms with Crippen molar-refractivity contribution in [1.29, 1.82) is 0 Å². The Kier molecular flexibility index (Phi) is 2.58. The fraction of sp³-hybridized carbons (Fsp3) is 0.571. The van der Waals surface area contributed by atoms with E-state index in [1.54, 1.807) is 6.92 Å². The molecule has 1 aromatic rings. The Balaban J connectivity index is 2.93. The molecule has 0 aliphatic heterocycles. The van der Waals surface area contributed by atoms with Crippen LogP contribution < -0.4 is 4.57 Å². The third-order valence-corrected chi connectivity index (χ3v) is 1.66. The Morgan fingerprint density at radius 2 is 2.08 bits per heavy atom. The van der Waals surface area contributed by atoms with Gasteiger partial charge in [0.25, 0.3) is 0 Å². The van der Waals surface area contributed by atoms with Crippen molar-refractivity contribution in [3.63, 3.8) is 0 Å². The summed E-state index contributed by atoms with van der Waals surface area (Å²) in [5.41, 5.74) is 0. The van der Waals surface area contributed by atoms with Gasteiger partial charge >= 0.3 is 12.5 Å². The lowest BCUT2D eigenvalue weighted by Crippen LogP contribution is -2.34. The summed E-state index contributed by atoms with van der Waals surface area (Å²) in [7, 11) is 0. The van der Waals surface area contributed by atoms with E-state index in [1.807, 2.05) is 0 Å². The van der Waals surface area contributed by atoms with Gasteiger partial charge in [-0.2, -0.15) is 22.1 Å². The number of hydrogen-bond acceptors (Lipinski definition) is 0. The molecule has 0 fully saturated rings. The molecule has 0 aromatic carbocycles. The van der Waals surface area contributed by atoms with Crippen molar-refractivity contribution < 1.29 is 22.1 Å². The van der Waals surface area contributed by atoms with Crippen LogP contribution in [0.2, 0.25) is 0 Å². The van der Waals surface area contributed by atoms with Crippen LogP contribution in [-0.2, 0) is 12.6 Å². The normalized spacial score (nSPS) is 12.5. The highest BCUT2D eigenvalue weighted by Crippen LogP contribution is 2.27. The average Bonchev–Trinajstić information content (AvgIpc) is 2.51. The third kappa shape index (κ3) is 1.81. The smallest absolute Gasteiger partial charge is 0.237 e. The average molecular weight is 197 g/mol. The molecule has 0 saturated heterocycles. The molecule has 0 bridgehead atoms. The number of hydrogen-bond donors (Lipinski definition) is 0. The lowest BCUT2D eigenvalue weighted by Gasteiger charge is -2.09. The maximum atomic E-state index is 12.6. The van der Waals surface area contributed by atoms with Crippen LogP contribution >= 0.6 is 0 Å². The van der Waals surface area contributed by atoms with Crippen molar-refractivity contribution in [3.8, 4) is 0 Å². The summed E-state index contributed by atoms with van der Waals surface area (Å²) in [5, 5.41) is 0. The molecule has 0 spiro atoms. The van der Waals surface area contributed by atoms with Crippen molar-refractivity contribution in [2.75, 3.05) is 0 Å². The summed E-state index contributed by atoms with van der Waals surface area (Å²) in [4.78, 5) is 0. The number of aryl methyl sites for hydroxylation is 1. The molecular weight excluding hydrogens is 188 g/mol. The highest BCUT2D eigenvalue weighted by atomic mass is 19.3. The SMILES string of the molecule is CC[n+]1ccn(C(F)(F)C(F)F)c1. The molecule has 1 rings (SSSR count). The Morgan fingerprint density at radius 3 is 2.46 bits per heavy atom. The van der Waals surface area contributed by atoms with Crippen molar-refractivity contribution >= 4 is 0 Å². The number of alkyl halides is 4. The second-order valence-corrected chi connectivity index (χ2v) is 2.54. The van der Waals surface area contributed by atoms with Gasteiger partial charge in [0, 0.05) is 0 Å². The van der Waals surface area contributed by atoms with E-state index in [4.69, 9.17) is 0 Å². The number of aromatic nitrogens is 2. The van der Waals surface area contributed by atoms with Crippen LogP contribution in [0.25, 0.3) is 0 Å². The lowest BCUT2D eigenvalue weighted by molar-refractivity contribution is -0.693. The number of nitrogens with zero attached hydrogens (tertiary/aromatic N) is 2. The van der Waals surface area contributed by atoms with Crippen LogP contribution in [0.5, 0.6) is 0 Å². The van der Waals surface area contributed by atoms with E-state index in [-0.39, 0.29) is 4.57 Å². The minimum absolute atomic E-state index is 0.209. The second kappa shape index (κ2) is 3.35. The fourth-order valence-electron chi connectivity index (χ4n) is 0.870. The summed E-state index contributed by atoms with van der Waals surface area (Å²) < 4.78 is 50.5. The number of imidazole rings is 1. The van der Waals surface area contributed by atoms with Gasteiger partial charge in [-0.25, -0.2) is 4.57 Å². The van der Waals surface area contributed by atoms with Crippen LogP contribution in [-0.4, -0.2) is 11.0 Å². The van der Waals surface area contributed by atoms with Crippen LogP contribution in [0.1, 0.15) is 6.92 Å². The fourth-order valence-corrected chi connectivity index (χ4v) is 0.870. The first kappa shape index (κ1) is 10.0. The van der Waals surface area contributed by atoms with E-state index in [0.29, 0.717) is 6.54 Å². The minimum atomic E-state index is -4.12. The maximum absolute atomic E-state index is 12.6. The van der Waals surface area contributed by atoms with Gasteiger partial charge in [0.15, 0.2) is 0 Å². The Bertz CT molecular complexity index is 282. The van der Waals surface area contributed by atoms with Gasteiger partial charge in [-0.1, -0.05) is 0 Å². The van der Waals surface area contributed by atoms with Gasteiger partial charge in [-0.3, -0.25) is 0 Å². The van der Waals surface area contributed by atoms with Crippen molar-refractivity contribution in [2.45, 2.75) is 25.9 Å². The summed E-state index contributed by atoms with van der Waals surface area (Å²) in [6.07, 6.45) is -0.497. The molecule has 2 nitrogen and oxygen atoms in total. The molecular formula is C7H9F4N2+. The number of halogens is 4. The first-order valence-electron chi connectivity index (χ1n) is 3.72. The molecule has 74 valence electrons. The molecule has 6 heteroatoms. The highest BCUT2D eigenvalue weighted by molar-refractivity contribution is 4.75.